The minimum Gasteiger partial charge on any atom is -0.477 e. The Labute approximate surface area is 51.4 Å². The van der Waals surface area contributed by atoms with Crippen molar-refractivity contribution >= 4 is 11.9 Å². The van der Waals surface area contributed by atoms with E-state index < -0.39 is 17.5 Å². The fourth-order valence-corrected chi connectivity index (χ4v) is 0.338. The molecule has 0 aliphatic carbocycles. The lowest BCUT2D eigenvalue weighted by atomic mass is 10.3. The van der Waals surface area contributed by atoms with Crippen molar-refractivity contribution in [2.45, 2.75) is 6.92 Å². The van der Waals surface area contributed by atoms with Crippen LogP contribution in [0.3, 0.4) is 0 Å². The summed E-state index contributed by atoms with van der Waals surface area (Å²) in [5.74, 6) is -2.82. The predicted molar refractivity (Wildman–Crippen MR) is 29.0 cm³/mol. The second-order valence-corrected chi connectivity index (χ2v) is 1.31. The SMILES string of the molecule is CC=C(C(=O)O)C(=O)O. The molecule has 0 aliphatic heterocycles. The zero-order valence-electron chi connectivity index (χ0n) is 4.79. The van der Waals surface area contributed by atoms with E-state index in [1.165, 1.54) is 6.92 Å². The number of allylic oxidation sites excluding steroid dienone is 1. The van der Waals surface area contributed by atoms with Gasteiger partial charge < -0.3 is 10.2 Å². The van der Waals surface area contributed by atoms with E-state index in [0.29, 0.717) is 0 Å². The van der Waals surface area contributed by atoms with Gasteiger partial charge in [-0.25, -0.2) is 9.59 Å². The van der Waals surface area contributed by atoms with Gasteiger partial charge in [0.1, 0.15) is 5.57 Å². The molecular formula is C5H6O4. The molecule has 9 heavy (non-hydrogen) atoms. The maximum absolute atomic E-state index is 9.92. The number of hydrogen-bond donors (Lipinski definition) is 2. The highest BCUT2D eigenvalue weighted by molar-refractivity contribution is 6.12. The Bertz CT molecular complexity index is 152. The Balaban J connectivity index is 4.38. The van der Waals surface area contributed by atoms with E-state index in [0.717, 1.165) is 6.08 Å². The van der Waals surface area contributed by atoms with E-state index in [9.17, 15) is 9.59 Å². The molecule has 0 fully saturated rings. The number of rotatable bonds is 2. The van der Waals surface area contributed by atoms with Crippen LogP contribution in [0, 0.1) is 0 Å². The molecule has 50 valence electrons. The maximum atomic E-state index is 9.92. The van der Waals surface area contributed by atoms with Crippen LogP contribution in [-0.4, -0.2) is 22.2 Å². The van der Waals surface area contributed by atoms with Crippen molar-refractivity contribution in [3.05, 3.63) is 11.6 Å². The van der Waals surface area contributed by atoms with Crippen LogP contribution in [0.15, 0.2) is 11.6 Å². The van der Waals surface area contributed by atoms with E-state index in [2.05, 4.69) is 0 Å². The number of carboxylic acids is 2. The summed E-state index contributed by atoms with van der Waals surface area (Å²) in [5, 5.41) is 16.2. The Hall–Kier alpha value is -1.32. The third-order valence-electron chi connectivity index (χ3n) is 0.749. The molecule has 2 N–H and O–H groups in total. The van der Waals surface area contributed by atoms with Crippen molar-refractivity contribution in [1.82, 2.24) is 0 Å². The van der Waals surface area contributed by atoms with Crippen LogP contribution in [0.25, 0.3) is 0 Å². The molecule has 0 rings (SSSR count). The topological polar surface area (TPSA) is 74.6 Å². The summed E-state index contributed by atoms with van der Waals surface area (Å²) in [6.45, 7) is 1.36. The zero-order chi connectivity index (χ0) is 7.44. The second-order valence-electron chi connectivity index (χ2n) is 1.31. The lowest BCUT2D eigenvalue weighted by molar-refractivity contribution is -0.140. The van der Waals surface area contributed by atoms with Gasteiger partial charge in [0.25, 0.3) is 0 Å². The Morgan fingerprint density at radius 3 is 1.56 bits per heavy atom. The van der Waals surface area contributed by atoms with Crippen LogP contribution < -0.4 is 0 Å². The molecule has 0 spiro atoms. The van der Waals surface area contributed by atoms with Gasteiger partial charge in [0.05, 0.1) is 0 Å². The fraction of sp³-hybridized carbons (Fsp3) is 0.200. The quantitative estimate of drug-likeness (QED) is 0.316. The molecule has 0 aromatic rings. The summed E-state index contributed by atoms with van der Waals surface area (Å²) >= 11 is 0. The Kier molecular flexibility index (Phi) is 2.44. The summed E-state index contributed by atoms with van der Waals surface area (Å²) in [5.41, 5.74) is -0.602. The molecule has 4 nitrogen and oxygen atoms in total. The summed E-state index contributed by atoms with van der Waals surface area (Å²) in [6, 6.07) is 0. The second kappa shape index (κ2) is 2.86. The molecule has 0 aliphatic rings. The monoisotopic (exact) mass is 130 g/mol. The van der Waals surface area contributed by atoms with Gasteiger partial charge in [0.15, 0.2) is 0 Å². The van der Waals surface area contributed by atoms with Crippen molar-refractivity contribution in [2.75, 3.05) is 0 Å². The zero-order valence-corrected chi connectivity index (χ0v) is 4.79. The van der Waals surface area contributed by atoms with E-state index in [-0.39, 0.29) is 0 Å². The van der Waals surface area contributed by atoms with Gasteiger partial charge in [-0.3, -0.25) is 0 Å². The van der Waals surface area contributed by atoms with E-state index in [1.54, 1.807) is 0 Å². The third kappa shape index (κ3) is 1.94. The first kappa shape index (κ1) is 7.68. The minimum atomic E-state index is -1.41. The molecule has 0 amide bonds. The van der Waals surface area contributed by atoms with Gasteiger partial charge in [0, 0.05) is 0 Å². The lowest BCUT2D eigenvalue weighted by Gasteiger charge is -1.89. The maximum Gasteiger partial charge on any atom is 0.342 e. The van der Waals surface area contributed by atoms with Crippen molar-refractivity contribution in [2.24, 2.45) is 0 Å². The molecule has 0 atom stereocenters. The molecule has 4 heteroatoms. The normalized spacial score (nSPS) is 8.11. The minimum absolute atomic E-state index is 0.602. The predicted octanol–water partition coefficient (Wildman–Crippen LogP) is 0.102. The molecule has 0 saturated carbocycles. The van der Waals surface area contributed by atoms with Crippen LogP contribution in [0.5, 0.6) is 0 Å². The van der Waals surface area contributed by atoms with Crippen LogP contribution >= 0.6 is 0 Å². The van der Waals surface area contributed by atoms with Gasteiger partial charge in [-0.2, -0.15) is 0 Å². The summed E-state index contributed by atoms with van der Waals surface area (Å²) in [4.78, 5) is 19.8. The molecule has 0 aromatic carbocycles. The first-order valence-electron chi connectivity index (χ1n) is 2.22. The molecule has 0 bridgehead atoms. The number of aliphatic carboxylic acids is 2. The number of carboxylic acid groups (broad SMARTS) is 2. The van der Waals surface area contributed by atoms with Gasteiger partial charge >= 0.3 is 11.9 Å². The molecule has 0 radical (unpaired) electrons. The largest absolute Gasteiger partial charge is 0.477 e. The van der Waals surface area contributed by atoms with E-state index in [4.69, 9.17) is 10.2 Å². The third-order valence-corrected chi connectivity index (χ3v) is 0.749. The van der Waals surface area contributed by atoms with Gasteiger partial charge in [-0.05, 0) is 6.92 Å². The molecule has 0 aromatic heterocycles. The van der Waals surface area contributed by atoms with Crippen LogP contribution in [-0.2, 0) is 9.59 Å². The molecular weight excluding hydrogens is 124 g/mol. The van der Waals surface area contributed by atoms with Crippen molar-refractivity contribution in [3.8, 4) is 0 Å². The first-order chi connectivity index (χ1) is 4.09. The van der Waals surface area contributed by atoms with Gasteiger partial charge in [-0.15, -0.1) is 0 Å². The summed E-state index contributed by atoms with van der Waals surface area (Å²) in [7, 11) is 0. The lowest BCUT2D eigenvalue weighted by Crippen LogP contribution is -2.10. The van der Waals surface area contributed by atoms with E-state index >= 15 is 0 Å². The van der Waals surface area contributed by atoms with Crippen molar-refractivity contribution in [1.29, 1.82) is 0 Å². The number of carbonyl (C=O) groups is 2. The van der Waals surface area contributed by atoms with E-state index in [1.807, 2.05) is 0 Å². The van der Waals surface area contributed by atoms with Crippen LogP contribution in [0.1, 0.15) is 6.92 Å². The highest BCUT2D eigenvalue weighted by Gasteiger charge is 2.12. The molecule has 0 heterocycles. The highest BCUT2D eigenvalue weighted by atomic mass is 16.4. The smallest absolute Gasteiger partial charge is 0.342 e. The standard InChI is InChI=1S/C5H6O4/c1-2-3(4(6)7)5(8)9/h2H,1H3,(H,6,7)(H,8,9). The van der Waals surface area contributed by atoms with Crippen LogP contribution in [0.4, 0.5) is 0 Å². The van der Waals surface area contributed by atoms with Gasteiger partial charge in [-0.1, -0.05) is 6.08 Å². The molecule has 0 saturated heterocycles. The summed E-state index contributed by atoms with van der Waals surface area (Å²) in [6.07, 6.45) is 1.03. The Morgan fingerprint density at radius 1 is 1.22 bits per heavy atom. The van der Waals surface area contributed by atoms with Crippen LogP contribution in [0.2, 0.25) is 0 Å². The van der Waals surface area contributed by atoms with Gasteiger partial charge in [0.2, 0.25) is 0 Å². The number of hydrogen-bond acceptors (Lipinski definition) is 2. The van der Waals surface area contributed by atoms with Crippen molar-refractivity contribution < 1.29 is 19.8 Å². The summed E-state index contributed by atoms with van der Waals surface area (Å²) < 4.78 is 0. The first-order valence-corrected chi connectivity index (χ1v) is 2.22. The molecule has 0 unspecified atom stereocenters. The average molecular weight is 130 g/mol. The highest BCUT2D eigenvalue weighted by Crippen LogP contribution is 1.92. The average Bonchev–Trinajstić information content (AvgIpc) is 1.64. The van der Waals surface area contributed by atoms with Crippen molar-refractivity contribution in [3.63, 3.8) is 0 Å². The Morgan fingerprint density at radius 2 is 1.56 bits per heavy atom. The fourth-order valence-electron chi connectivity index (χ4n) is 0.338.